The minimum atomic E-state index is -4.04. The Morgan fingerprint density at radius 2 is 2.04 bits per heavy atom. The van der Waals surface area contributed by atoms with Crippen molar-refractivity contribution in [1.82, 2.24) is 9.21 Å². The fourth-order valence-electron chi connectivity index (χ4n) is 4.03. The zero-order chi connectivity index (χ0) is 17.5. The first kappa shape index (κ1) is 17.7. The molecule has 0 spiro atoms. The molecule has 1 N–H and O–H groups in total. The van der Waals surface area contributed by atoms with E-state index < -0.39 is 26.6 Å². The van der Waals surface area contributed by atoms with Crippen molar-refractivity contribution in [3.05, 3.63) is 29.8 Å². The number of aliphatic hydroxyl groups is 1. The zero-order valence-corrected chi connectivity index (χ0v) is 14.4. The lowest BCUT2D eigenvalue weighted by Gasteiger charge is -2.53. The Kier molecular flexibility index (Phi) is 4.67. The van der Waals surface area contributed by atoms with E-state index in [1.54, 1.807) is 0 Å². The minimum absolute atomic E-state index is 0.0147. The molecule has 2 heterocycles. The second kappa shape index (κ2) is 6.33. The number of fused-ring (bicyclic) bond motifs is 1. The molecule has 0 bridgehead atoms. The number of nitrogens with zero attached hydrogens (tertiary/aromatic N) is 2. The maximum absolute atomic E-state index is 14.0. The van der Waals surface area contributed by atoms with Crippen LogP contribution in [-0.4, -0.2) is 62.1 Å². The number of sulfonamides is 1. The molecule has 5 nitrogen and oxygen atoms in total. The van der Waals surface area contributed by atoms with Crippen molar-refractivity contribution in [1.29, 1.82) is 0 Å². The number of benzene rings is 1. The standard InChI is InChI=1S/C16H22F2N2O3S/c1-19-7-2-5-16(11-21)6-8-20(10-15(16)19)24(22,23)14-4-3-12(17)9-13(14)18/h3-4,9,15,21H,2,5-8,10-11H2,1H3/t15-,16-/m1/s1. The molecule has 134 valence electrons. The fourth-order valence-corrected chi connectivity index (χ4v) is 5.52. The first-order valence-corrected chi connectivity index (χ1v) is 9.50. The smallest absolute Gasteiger partial charge is 0.246 e. The Morgan fingerprint density at radius 1 is 1.29 bits per heavy atom. The number of hydrogen-bond acceptors (Lipinski definition) is 4. The summed E-state index contributed by atoms with van der Waals surface area (Å²) in [4.78, 5) is 1.57. The molecule has 24 heavy (non-hydrogen) atoms. The summed E-state index contributed by atoms with van der Waals surface area (Å²) in [5.41, 5.74) is -0.305. The van der Waals surface area contributed by atoms with Gasteiger partial charge in [-0.15, -0.1) is 0 Å². The normalized spacial score (nSPS) is 29.4. The van der Waals surface area contributed by atoms with Crippen molar-refractivity contribution in [2.75, 3.05) is 33.3 Å². The van der Waals surface area contributed by atoms with E-state index in [4.69, 9.17) is 0 Å². The summed E-state index contributed by atoms with van der Waals surface area (Å²) < 4.78 is 53.8. The van der Waals surface area contributed by atoms with Gasteiger partial charge >= 0.3 is 0 Å². The summed E-state index contributed by atoms with van der Waals surface area (Å²) in [6.45, 7) is 1.28. The largest absolute Gasteiger partial charge is 0.396 e. The molecule has 3 rings (SSSR count). The van der Waals surface area contributed by atoms with E-state index in [9.17, 15) is 22.3 Å². The van der Waals surface area contributed by atoms with Gasteiger partial charge in [-0.2, -0.15) is 4.31 Å². The molecule has 0 amide bonds. The maximum atomic E-state index is 14.0. The number of likely N-dealkylation sites (tertiary alicyclic amines) is 1. The summed E-state index contributed by atoms with van der Waals surface area (Å²) in [7, 11) is -2.12. The van der Waals surface area contributed by atoms with Gasteiger partial charge in [0.1, 0.15) is 16.5 Å². The first-order chi connectivity index (χ1) is 11.3. The van der Waals surface area contributed by atoms with Crippen molar-refractivity contribution < 1.29 is 22.3 Å². The Balaban J connectivity index is 1.91. The molecule has 0 radical (unpaired) electrons. The molecule has 2 saturated heterocycles. The van der Waals surface area contributed by atoms with Gasteiger partial charge in [0.2, 0.25) is 10.0 Å². The molecule has 0 aliphatic carbocycles. The molecule has 8 heteroatoms. The van der Waals surface area contributed by atoms with E-state index in [1.165, 1.54) is 4.31 Å². The van der Waals surface area contributed by atoms with E-state index in [0.717, 1.165) is 31.5 Å². The predicted molar refractivity (Wildman–Crippen MR) is 84.9 cm³/mol. The van der Waals surface area contributed by atoms with Crippen molar-refractivity contribution in [3.8, 4) is 0 Å². The SMILES string of the molecule is CN1CCC[C@]2(CO)CCN(S(=O)(=O)c3ccc(F)cc3F)C[C@@H]12. The van der Waals surface area contributed by atoms with E-state index in [-0.39, 0.29) is 31.2 Å². The average Bonchev–Trinajstić information content (AvgIpc) is 2.54. The summed E-state index contributed by atoms with van der Waals surface area (Å²) in [5, 5.41) is 9.88. The molecule has 0 aromatic heterocycles. The summed E-state index contributed by atoms with van der Waals surface area (Å²) in [6, 6.07) is 2.40. The maximum Gasteiger partial charge on any atom is 0.246 e. The number of halogens is 2. The van der Waals surface area contributed by atoms with Crippen LogP contribution in [0.3, 0.4) is 0 Å². The van der Waals surface area contributed by atoms with Gasteiger partial charge in [-0.05, 0) is 45.0 Å². The van der Waals surface area contributed by atoms with Gasteiger partial charge in [-0.25, -0.2) is 17.2 Å². The quantitative estimate of drug-likeness (QED) is 0.886. The topological polar surface area (TPSA) is 60.9 Å². The van der Waals surface area contributed by atoms with Gasteiger partial charge in [0.25, 0.3) is 0 Å². The van der Waals surface area contributed by atoms with Crippen LogP contribution >= 0.6 is 0 Å². The molecule has 2 fully saturated rings. The van der Waals surface area contributed by atoms with Crippen LogP contribution in [0.25, 0.3) is 0 Å². The monoisotopic (exact) mass is 360 g/mol. The van der Waals surface area contributed by atoms with Gasteiger partial charge in [-0.3, -0.25) is 0 Å². The molecule has 2 atom stereocenters. The Labute approximate surface area is 140 Å². The first-order valence-electron chi connectivity index (χ1n) is 8.06. The molecular formula is C16H22F2N2O3S. The fraction of sp³-hybridized carbons (Fsp3) is 0.625. The molecular weight excluding hydrogens is 338 g/mol. The molecule has 1 aromatic rings. The Hall–Kier alpha value is -1.09. The van der Waals surface area contributed by atoms with Gasteiger partial charge in [-0.1, -0.05) is 0 Å². The van der Waals surface area contributed by atoms with Crippen LogP contribution in [0.1, 0.15) is 19.3 Å². The summed E-state index contributed by atoms with van der Waals surface area (Å²) >= 11 is 0. The molecule has 1 aromatic carbocycles. The van der Waals surface area contributed by atoms with Crippen molar-refractivity contribution in [2.45, 2.75) is 30.2 Å². The Morgan fingerprint density at radius 3 is 2.71 bits per heavy atom. The van der Waals surface area contributed by atoms with Crippen molar-refractivity contribution >= 4 is 10.0 Å². The molecule has 0 unspecified atom stereocenters. The van der Waals surface area contributed by atoms with Gasteiger partial charge < -0.3 is 10.0 Å². The number of aliphatic hydroxyl groups excluding tert-OH is 1. The van der Waals surface area contributed by atoms with Crippen LogP contribution in [0.5, 0.6) is 0 Å². The van der Waals surface area contributed by atoms with Crippen molar-refractivity contribution in [3.63, 3.8) is 0 Å². The van der Waals surface area contributed by atoms with Crippen molar-refractivity contribution in [2.24, 2.45) is 5.41 Å². The van der Waals surface area contributed by atoms with Crippen LogP contribution in [0.15, 0.2) is 23.1 Å². The molecule has 2 aliphatic heterocycles. The van der Waals surface area contributed by atoms with Crippen LogP contribution < -0.4 is 0 Å². The molecule has 0 saturated carbocycles. The third-order valence-electron chi connectivity index (χ3n) is 5.49. The summed E-state index contributed by atoms with van der Waals surface area (Å²) in [5.74, 6) is -1.89. The highest BCUT2D eigenvalue weighted by molar-refractivity contribution is 7.89. The average molecular weight is 360 g/mol. The van der Waals surface area contributed by atoms with Crippen LogP contribution in [-0.2, 0) is 10.0 Å². The second-order valence-corrected chi connectivity index (χ2v) is 8.71. The lowest BCUT2D eigenvalue weighted by Crippen LogP contribution is -2.62. The Bertz CT molecular complexity index is 728. The third kappa shape index (κ3) is 2.85. The lowest BCUT2D eigenvalue weighted by atomic mass is 9.69. The highest BCUT2D eigenvalue weighted by Gasteiger charge is 2.48. The van der Waals surface area contributed by atoms with E-state index >= 15 is 0 Å². The van der Waals surface area contributed by atoms with Crippen LogP contribution in [0, 0.1) is 17.0 Å². The summed E-state index contributed by atoms with van der Waals surface area (Å²) in [6.07, 6.45) is 2.35. The van der Waals surface area contributed by atoms with Gasteiger partial charge in [0, 0.05) is 30.6 Å². The zero-order valence-electron chi connectivity index (χ0n) is 13.6. The van der Waals surface area contributed by atoms with Gasteiger partial charge in [0.05, 0.1) is 6.61 Å². The minimum Gasteiger partial charge on any atom is -0.396 e. The van der Waals surface area contributed by atoms with E-state index in [0.29, 0.717) is 12.5 Å². The lowest BCUT2D eigenvalue weighted by molar-refractivity contribution is -0.0508. The van der Waals surface area contributed by atoms with Crippen LogP contribution in [0.2, 0.25) is 0 Å². The number of rotatable bonds is 3. The predicted octanol–water partition coefficient (Wildman–Crippen LogP) is 1.43. The number of hydrogen-bond donors (Lipinski definition) is 1. The van der Waals surface area contributed by atoms with Crippen LogP contribution in [0.4, 0.5) is 8.78 Å². The highest BCUT2D eigenvalue weighted by Crippen LogP contribution is 2.42. The number of likely N-dealkylation sites (N-methyl/N-ethyl adjacent to an activating group) is 1. The second-order valence-electron chi connectivity index (χ2n) is 6.81. The highest BCUT2D eigenvalue weighted by atomic mass is 32.2. The third-order valence-corrected chi connectivity index (χ3v) is 7.39. The number of piperidine rings is 2. The van der Waals surface area contributed by atoms with E-state index in [1.807, 2.05) is 7.05 Å². The van der Waals surface area contributed by atoms with E-state index in [2.05, 4.69) is 4.90 Å². The van der Waals surface area contributed by atoms with Gasteiger partial charge in [0.15, 0.2) is 0 Å². The molecule has 2 aliphatic rings.